The minimum atomic E-state index is -0.853. The van der Waals surface area contributed by atoms with Crippen molar-refractivity contribution in [3.05, 3.63) is 60.2 Å². The lowest BCUT2D eigenvalue weighted by Crippen LogP contribution is -2.24. The summed E-state index contributed by atoms with van der Waals surface area (Å²) in [7, 11) is 0. The van der Waals surface area contributed by atoms with Crippen molar-refractivity contribution in [3.63, 3.8) is 0 Å². The molecule has 92 valence electrons. The molecule has 0 unspecified atom stereocenters. The lowest BCUT2D eigenvalue weighted by molar-refractivity contribution is 0.0954. The SMILES string of the molecule is CC(C)(Cl)C(=O)c1ccc(-c2ccccc2)cc1. The van der Waals surface area contributed by atoms with Gasteiger partial charge in [0.15, 0.2) is 5.78 Å². The summed E-state index contributed by atoms with van der Waals surface area (Å²) in [5, 5.41) is 0. The van der Waals surface area contributed by atoms with E-state index < -0.39 is 4.87 Å². The van der Waals surface area contributed by atoms with Gasteiger partial charge in [0.1, 0.15) is 4.87 Å². The number of rotatable bonds is 3. The Morgan fingerprint density at radius 2 is 1.39 bits per heavy atom. The van der Waals surface area contributed by atoms with Crippen molar-refractivity contribution in [2.45, 2.75) is 18.7 Å². The Labute approximate surface area is 112 Å². The van der Waals surface area contributed by atoms with E-state index in [1.807, 2.05) is 54.6 Å². The van der Waals surface area contributed by atoms with Crippen LogP contribution < -0.4 is 0 Å². The molecular weight excluding hydrogens is 244 g/mol. The first-order chi connectivity index (χ1) is 8.48. The number of halogens is 1. The van der Waals surface area contributed by atoms with E-state index in [0.717, 1.165) is 11.1 Å². The smallest absolute Gasteiger partial charge is 0.183 e. The third-order valence-corrected chi connectivity index (χ3v) is 2.97. The monoisotopic (exact) mass is 258 g/mol. The van der Waals surface area contributed by atoms with E-state index in [4.69, 9.17) is 11.6 Å². The van der Waals surface area contributed by atoms with Gasteiger partial charge in [-0.05, 0) is 25.0 Å². The molecule has 0 aliphatic rings. The standard InChI is InChI=1S/C16H15ClO/c1-16(2,17)15(18)14-10-8-13(9-11-14)12-6-4-3-5-7-12/h3-11H,1-2H3. The molecule has 0 radical (unpaired) electrons. The zero-order valence-electron chi connectivity index (χ0n) is 10.5. The van der Waals surface area contributed by atoms with Crippen LogP contribution in [0.3, 0.4) is 0 Å². The molecule has 2 heteroatoms. The second-order valence-corrected chi connectivity index (χ2v) is 5.69. The third kappa shape index (κ3) is 2.80. The van der Waals surface area contributed by atoms with E-state index in [9.17, 15) is 4.79 Å². The maximum atomic E-state index is 12.0. The Hall–Kier alpha value is -1.60. The number of hydrogen-bond acceptors (Lipinski definition) is 1. The Bertz CT molecular complexity index is 536. The fourth-order valence-electron chi connectivity index (χ4n) is 1.79. The molecule has 0 atom stereocenters. The zero-order chi connectivity index (χ0) is 13.2. The molecule has 0 spiro atoms. The second kappa shape index (κ2) is 4.95. The van der Waals surface area contributed by atoms with Crippen LogP contribution >= 0.6 is 11.6 Å². The van der Waals surface area contributed by atoms with E-state index in [1.165, 1.54) is 0 Å². The minimum absolute atomic E-state index is 0.0521. The van der Waals surface area contributed by atoms with Crippen LogP contribution in [-0.4, -0.2) is 10.7 Å². The van der Waals surface area contributed by atoms with Crippen molar-refractivity contribution < 1.29 is 4.79 Å². The number of Topliss-reactive ketones (excluding diaryl/α,β-unsaturated/α-hetero) is 1. The molecule has 0 N–H and O–H groups in total. The maximum Gasteiger partial charge on any atom is 0.183 e. The van der Waals surface area contributed by atoms with Crippen molar-refractivity contribution in [2.24, 2.45) is 0 Å². The molecule has 0 saturated heterocycles. The van der Waals surface area contributed by atoms with E-state index in [1.54, 1.807) is 13.8 Å². The molecular formula is C16H15ClO. The highest BCUT2D eigenvalue weighted by Crippen LogP contribution is 2.23. The van der Waals surface area contributed by atoms with Crippen molar-refractivity contribution in [1.29, 1.82) is 0 Å². The fourth-order valence-corrected chi connectivity index (χ4v) is 1.90. The van der Waals surface area contributed by atoms with E-state index in [-0.39, 0.29) is 5.78 Å². The molecule has 2 aromatic rings. The van der Waals surface area contributed by atoms with E-state index in [0.29, 0.717) is 5.56 Å². The van der Waals surface area contributed by atoms with Gasteiger partial charge in [-0.2, -0.15) is 0 Å². The second-order valence-electron chi connectivity index (χ2n) is 4.74. The molecule has 2 aromatic carbocycles. The Kier molecular flexibility index (Phi) is 3.53. The van der Waals surface area contributed by atoms with Crippen LogP contribution in [0.1, 0.15) is 24.2 Å². The van der Waals surface area contributed by atoms with Gasteiger partial charge in [0.2, 0.25) is 0 Å². The summed E-state index contributed by atoms with van der Waals surface area (Å²) in [6, 6.07) is 17.6. The van der Waals surface area contributed by atoms with Crippen LogP contribution in [0.25, 0.3) is 11.1 Å². The average Bonchev–Trinajstić information content (AvgIpc) is 2.38. The summed E-state index contributed by atoms with van der Waals surface area (Å²) in [5.41, 5.74) is 2.89. The molecule has 0 saturated carbocycles. The normalized spacial score (nSPS) is 11.3. The largest absolute Gasteiger partial charge is 0.292 e. The topological polar surface area (TPSA) is 17.1 Å². The Morgan fingerprint density at radius 1 is 0.889 bits per heavy atom. The van der Waals surface area contributed by atoms with Gasteiger partial charge < -0.3 is 0 Å². The molecule has 0 fully saturated rings. The Morgan fingerprint density at radius 3 is 1.89 bits per heavy atom. The molecule has 0 aromatic heterocycles. The van der Waals surface area contributed by atoms with Gasteiger partial charge in [-0.1, -0.05) is 54.6 Å². The molecule has 2 rings (SSSR count). The number of carbonyl (C=O) groups excluding carboxylic acids is 1. The van der Waals surface area contributed by atoms with Crippen LogP contribution in [0.4, 0.5) is 0 Å². The van der Waals surface area contributed by atoms with Crippen molar-refractivity contribution in [1.82, 2.24) is 0 Å². The number of ketones is 1. The first-order valence-corrected chi connectivity index (χ1v) is 6.25. The van der Waals surface area contributed by atoms with Crippen molar-refractivity contribution >= 4 is 17.4 Å². The van der Waals surface area contributed by atoms with Crippen LogP contribution in [-0.2, 0) is 0 Å². The summed E-state index contributed by atoms with van der Waals surface area (Å²) in [6.45, 7) is 3.42. The van der Waals surface area contributed by atoms with Gasteiger partial charge in [0.05, 0.1) is 0 Å². The van der Waals surface area contributed by atoms with Gasteiger partial charge in [0, 0.05) is 5.56 Å². The lowest BCUT2D eigenvalue weighted by Gasteiger charge is -2.14. The number of carbonyl (C=O) groups is 1. The first kappa shape index (κ1) is 12.8. The molecule has 0 aliphatic heterocycles. The molecule has 0 bridgehead atoms. The first-order valence-electron chi connectivity index (χ1n) is 5.88. The summed E-state index contributed by atoms with van der Waals surface area (Å²) in [6.07, 6.45) is 0. The highest BCUT2D eigenvalue weighted by molar-refractivity contribution is 6.37. The third-order valence-electron chi connectivity index (χ3n) is 2.79. The van der Waals surface area contributed by atoms with Gasteiger partial charge in [-0.15, -0.1) is 11.6 Å². The zero-order valence-corrected chi connectivity index (χ0v) is 11.2. The van der Waals surface area contributed by atoms with Gasteiger partial charge in [-0.25, -0.2) is 0 Å². The minimum Gasteiger partial charge on any atom is -0.292 e. The van der Waals surface area contributed by atoms with Gasteiger partial charge in [0.25, 0.3) is 0 Å². The van der Waals surface area contributed by atoms with Crippen LogP contribution in [0.15, 0.2) is 54.6 Å². The summed E-state index contributed by atoms with van der Waals surface area (Å²) < 4.78 is 0. The highest BCUT2D eigenvalue weighted by atomic mass is 35.5. The maximum absolute atomic E-state index is 12.0. The average molecular weight is 259 g/mol. The van der Waals surface area contributed by atoms with Crippen LogP contribution in [0.5, 0.6) is 0 Å². The quantitative estimate of drug-likeness (QED) is 0.583. The van der Waals surface area contributed by atoms with Crippen LogP contribution in [0.2, 0.25) is 0 Å². The molecule has 18 heavy (non-hydrogen) atoms. The molecule has 0 aliphatic carbocycles. The summed E-state index contributed by atoms with van der Waals surface area (Å²) >= 11 is 6.03. The highest BCUT2D eigenvalue weighted by Gasteiger charge is 2.25. The number of alkyl halides is 1. The van der Waals surface area contributed by atoms with Crippen molar-refractivity contribution in [2.75, 3.05) is 0 Å². The summed E-state index contributed by atoms with van der Waals surface area (Å²) in [5.74, 6) is -0.0521. The summed E-state index contributed by atoms with van der Waals surface area (Å²) in [4.78, 5) is 11.1. The predicted molar refractivity (Wildman–Crippen MR) is 76.1 cm³/mol. The number of benzene rings is 2. The van der Waals surface area contributed by atoms with Gasteiger partial charge >= 0.3 is 0 Å². The molecule has 0 amide bonds. The van der Waals surface area contributed by atoms with E-state index in [2.05, 4.69) is 0 Å². The molecule has 0 heterocycles. The van der Waals surface area contributed by atoms with E-state index >= 15 is 0 Å². The Balaban J connectivity index is 2.29. The number of hydrogen-bond donors (Lipinski definition) is 0. The van der Waals surface area contributed by atoms with Crippen molar-refractivity contribution in [3.8, 4) is 11.1 Å². The fraction of sp³-hybridized carbons (Fsp3) is 0.188. The lowest BCUT2D eigenvalue weighted by atomic mass is 9.97. The predicted octanol–water partition coefficient (Wildman–Crippen LogP) is 4.55. The van der Waals surface area contributed by atoms with Gasteiger partial charge in [-0.3, -0.25) is 4.79 Å². The molecule has 1 nitrogen and oxygen atoms in total. The van der Waals surface area contributed by atoms with Crippen LogP contribution in [0, 0.1) is 0 Å².